The summed E-state index contributed by atoms with van der Waals surface area (Å²) in [4.78, 5) is 4.31. The van der Waals surface area contributed by atoms with E-state index in [2.05, 4.69) is 31.8 Å². The van der Waals surface area contributed by atoms with E-state index < -0.39 is 0 Å². The van der Waals surface area contributed by atoms with Crippen LogP contribution in [-0.4, -0.2) is 11.6 Å². The maximum Gasteiger partial charge on any atom is 0.240 e. The monoisotopic (exact) mass is 286 g/mol. The Kier molecular flexibility index (Phi) is 4.36. The highest BCUT2D eigenvalue weighted by Crippen LogP contribution is 2.34. The maximum atomic E-state index is 5.93. The number of pyridine rings is 1. The summed E-state index contributed by atoms with van der Waals surface area (Å²) >= 11 is 0. The van der Waals surface area contributed by atoms with Crippen molar-refractivity contribution in [3.05, 3.63) is 42.0 Å². The number of anilines is 1. The van der Waals surface area contributed by atoms with Crippen LogP contribution in [0.1, 0.15) is 33.3 Å². The van der Waals surface area contributed by atoms with Crippen molar-refractivity contribution < 1.29 is 9.47 Å². The van der Waals surface area contributed by atoms with Crippen molar-refractivity contribution in [2.45, 2.75) is 33.1 Å². The molecule has 0 saturated carbocycles. The number of nitrogens with two attached hydrogens (primary N) is 1. The SMILES string of the molecule is CCOc1nc(Oc2ccccc2C(C)(C)C)ccc1N. The minimum atomic E-state index is -0.00680. The zero-order valence-corrected chi connectivity index (χ0v) is 13.0. The summed E-state index contributed by atoms with van der Waals surface area (Å²) in [7, 11) is 0. The van der Waals surface area contributed by atoms with Crippen molar-refractivity contribution in [1.82, 2.24) is 4.98 Å². The predicted octanol–water partition coefficient (Wildman–Crippen LogP) is 4.15. The Hall–Kier alpha value is -2.23. The van der Waals surface area contributed by atoms with Gasteiger partial charge in [-0.15, -0.1) is 0 Å². The van der Waals surface area contributed by atoms with Gasteiger partial charge in [0.1, 0.15) is 5.75 Å². The van der Waals surface area contributed by atoms with Crippen molar-refractivity contribution in [2.24, 2.45) is 0 Å². The van der Waals surface area contributed by atoms with E-state index in [1.807, 2.05) is 25.1 Å². The zero-order chi connectivity index (χ0) is 15.5. The highest BCUT2D eigenvalue weighted by molar-refractivity contribution is 5.50. The second kappa shape index (κ2) is 6.04. The van der Waals surface area contributed by atoms with Crippen molar-refractivity contribution in [3.8, 4) is 17.5 Å². The molecule has 112 valence electrons. The molecule has 21 heavy (non-hydrogen) atoms. The Morgan fingerprint density at radius 3 is 2.48 bits per heavy atom. The Morgan fingerprint density at radius 2 is 1.81 bits per heavy atom. The summed E-state index contributed by atoms with van der Waals surface area (Å²) in [5, 5.41) is 0. The van der Waals surface area contributed by atoms with Gasteiger partial charge in [-0.3, -0.25) is 0 Å². The second-order valence-corrected chi connectivity index (χ2v) is 5.83. The van der Waals surface area contributed by atoms with Crippen LogP contribution in [0.4, 0.5) is 5.69 Å². The Labute approximate surface area is 125 Å². The number of ether oxygens (including phenoxy) is 2. The van der Waals surface area contributed by atoms with Crippen LogP contribution in [0.25, 0.3) is 0 Å². The molecule has 2 rings (SSSR count). The molecule has 0 radical (unpaired) electrons. The second-order valence-electron chi connectivity index (χ2n) is 5.83. The van der Waals surface area contributed by atoms with Crippen LogP contribution in [0.15, 0.2) is 36.4 Å². The maximum absolute atomic E-state index is 5.93. The normalized spacial score (nSPS) is 11.2. The first-order valence-corrected chi connectivity index (χ1v) is 7.08. The number of hydrogen-bond donors (Lipinski definition) is 1. The fourth-order valence-electron chi connectivity index (χ4n) is 2.03. The average molecular weight is 286 g/mol. The van der Waals surface area contributed by atoms with Gasteiger partial charge in [-0.1, -0.05) is 39.0 Å². The van der Waals surface area contributed by atoms with Crippen molar-refractivity contribution in [3.63, 3.8) is 0 Å². The number of nitrogen functional groups attached to an aromatic ring is 1. The predicted molar refractivity (Wildman–Crippen MR) is 85.0 cm³/mol. The van der Waals surface area contributed by atoms with Gasteiger partial charge in [0.2, 0.25) is 11.8 Å². The fraction of sp³-hybridized carbons (Fsp3) is 0.353. The summed E-state index contributed by atoms with van der Waals surface area (Å²) in [5.41, 5.74) is 7.45. The van der Waals surface area contributed by atoms with E-state index in [0.29, 0.717) is 24.1 Å². The summed E-state index contributed by atoms with van der Waals surface area (Å²) in [6.07, 6.45) is 0. The van der Waals surface area contributed by atoms with E-state index in [-0.39, 0.29) is 5.41 Å². The van der Waals surface area contributed by atoms with Crippen molar-refractivity contribution in [1.29, 1.82) is 0 Å². The van der Waals surface area contributed by atoms with E-state index in [1.54, 1.807) is 12.1 Å². The summed E-state index contributed by atoms with van der Waals surface area (Å²) < 4.78 is 11.3. The van der Waals surface area contributed by atoms with Gasteiger partial charge in [0.25, 0.3) is 0 Å². The molecule has 4 heteroatoms. The molecule has 1 aromatic heterocycles. The van der Waals surface area contributed by atoms with Gasteiger partial charge < -0.3 is 15.2 Å². The molecule has 0 saturated heterocycles. The average Bonchev–Trinajstić information content (AvgIpc) is 2.42. The van der Waals surface area contributed by atoms with Crippen LogP contribution in [0.3, 0.4) is 0 Å². The van der Waals surface area contributed by atoms with Crippen LogP contribution in [0.2, 0.25) is 0 Å². The van der Waals surface area contributed by atoms with Crippen molar-refractivity contribution in [2.75, 3.05) is 12.3 Å². The van der Waals surface area contributed by atoms with Gasteiger partial charge >= 0.3 is 0 Å². The van der Waals surface area contributed by atoms with E-state index in [1.165, 1.54) is 0 Å². The molecule has 0 aliphatic heterocycles. The third-order valence-electron chi connectivity index (χ3n) is 3.05. The number of nitrogens with zero attached hydrogens (tertiary/aromatic N) is 1. The molecule has 1 heterocycles. The highest BCUT2D eigenvalue weighted by Gasteiger charge is 2.19. The Balaban J connectivity index is 2.33. The van der Waals surface area contributed by atoms with E-state index >= 15 is 0 Å². The Bertz CT molecular complexity index is 618. The van der Waals surface area contributed by atoms with Crippen LogP contribution in [0, 0.1) is 0 Å². The minimum absolute atomic E-state index is 0.00680. The number of benzene rings is 1. The van der Waals surface area contributed by atoms with Crippen molar-refractivity contribution >= 4 is 5.69 Å². The largest absolute Gasteiger partial charge is 0.476 e. The molecule has 1 aromatic carbocycles. The number of aromatic nitrogens is 1. The zero-order valence-electron chi connectivity index (χ0n) is 13.0. The van der Waals surface area contributed by atoms with E-state index in [0.717, 1.165) is 11.3 Å². The molecule has 0 aliphatic rings. The molecular weight excluding hydrogens is 264 g/mol. The molecule has 2 N–H and O–H groups in total. The fourth-order valence-corrected chi connectivity index (χ4v) is 2.03. The lowest BCUT2D eigenvalue weighted by Gasteiger charge is -2.22. The topological polar surface area (TPSA) is 57.4 Å². The van der Waals surface area contributed by atoms with Gasteiger partial charge in [0.05, 0.1) is 12.3 Å². The number of hydrogen-bond acceptors (Lipinski definition) is 4. The third kappa shape index (κ3) is 3.66. The molecular formula is C17H22N2O2. The smallest absolute Gasteiger partial charge is 0.240 e. The molecule has 4 nitrogen and oxygen atoms in total. The molecule has 0 bridgehead atoms. The summed E-state index contributed by atoms with van der Waals surface area (Å²) in [6.45, 7) is 8.86. The van der Waals surface area contributed by atoms with E-state index in [4.69, 9.17) is 15.2 Å². The van der Waals surface area contributed by atoms with Crippen LogP contribution < -0.4 is 15.2 Å². The third-order valence-corrected chi connectivity index (χ3v) is 3.05. The van der Waals surface area contributed by atoms with Gasteiger partial charge in [-0.25, -0.2) is 0 Å². The van der Waals surface area contributed by atoms with Gasteiger partial charge in [0, 0.05) is 11.6 Å². The lowest BCUT2D eigenvalue weighted by atomic mass is 9.86. The van der Waals surface area contributed by atoms with E-state index in [9.17, 15) is 0 Å². The molecule has 2 aromatic rings. The first-order chi connectivity index (χ1) is 9.91. The molecule has 0 amide bonds. The molecule has 0 spiro atoms. The molecule has 0 fully saturated rings. The standard InChI is InChI=1S/C17H22N2O2/c1-5-20-16-13(18)10-11-15(19-16)21-14-9-7-6-8-12(14)17(2,3)4/h6-11H,5,18H2,1-4H3. The highest BCUT2D eigenvalue weighted by atomic mass is 16.5. The van der Waals surface area contributed by atoms with Gasteiger partial charge in [-0.05, 0) is 24.5 Å². The summed E-state index contributed by atoms with van der Waals surface area (Å²) in [6, 6.07) is 11.5. The van der Waals surface area contributed by atoms with Crippen LogP contribution >= 0.6 is 0 Å². The first-order valence-electron chi connectivity index (χ1n) is 7.08. The molecule has 0 atom stereocenters. The number of rotatable bonds is 4. The quantitative estimate of drug-likeness (QED) is 0.917. The minimum Gasteiger partial charge on any atom is -0.476 e. The Morgan fingerprint density at radius 1 is 1.10 bits per heavy atom. The first kappa shape index (κ1) is 15.2. The van der Waals surface area contributed by atoms with Crippen LogP contribution in [0.5, 0.6) is 17.5 Å². The summed E-state index contributed by atoms with van der Waals surface area (Å²) in [5.74, 6) is 1.68. The lowest BCUT2D eigenvalue weighted by molar-refractivity contribution is 0.322. The van der Waals surface area contributed by atoms with Gasteiger partial charge in [-0.2, -0.15) is 4.98 Å². The molecule has 0 unspecified atom stereocenters. The van der Waals surface area contributed by atoms with Gasteiger partial charge in [0.15, 0.2) is 0 Å². The number of para-hydroxylation sites is 1. The molecule has 0 aliphatic carbocycles. The lowest BCUT2D eigenvalue weighted by Crippen LogP contribution is -2.12. The van der Waals surface area contributed by atoms with Crippen LogP contribution in [-0.2, 0) is 5.41 Å².